The van der Waals surface area contributed by atoms with Crippen LogP contribution in [-0.2, 0) is 0 Å². The van der Waals surface area contributed by atoms with E-state index < -0.39 is 5.91 Å². The molecule has 0 saturated carbocycles. The van der Waals surface area contributed by atoms with Gasteiger partial charge < -0.3 is 19.3 Å². The van der Waals surface area contributed by atoms with Crippen LogP contribution in [0.2, 0.25) is 0 Å². The van der Waals surface area contributed by atoms with Crippen LogP contribution >= 0.6 is 0 Å². The van der Waals surface area contributed by atoms with Crippen LogP contribution in [0.25, 0.3) is 11.4 Å². The van der Waals surface area contributed by atoms with Gasteiger partial charge in [0.2, 0.25) is 5.82 Å². The van der Waals surface area contributed by atoms with Gasteiger partial charge in [0.25, 0.3) is 0 Å². The number of aromatic nitrogens is 2. The molecule has 0 aliphatic heterocycles. The van der Waals surface area contributed by atoms with Gasteiger partial charge in [-0.1, -0.05) is 35.5 Å². The molecular weight excluding hydrogens is 334 g/mol. The monoisotopic (exact) mass is 353 g/mol. The Bertz CT molecular complexity index is 893. The fourth-order valence-electron chi connectivity index (χ4n) is 2.49. The minimum Gasteiger partial charge on any atom is -0.493 e. The lowest BCUT2D eigenvalue weighted by molar-refractivity contribution is 0.0895. The molecule has 26 heavy (non-hydrogen) atoms. The topological polar surface area (TPSA) is 86.5 Å². The molecule has 0 fully saturated rings. The number of carbonyl (C=O) groups is 1. The van der Waals surface area contributed by atoms with Crippen molar-refractivity contribution < 1.29 is 18.8 Å². The van der Waals surface area contributed by atoms with E-state index in [1.165, 1.54) is 0 Å². The second-order valence-electron chi connectivity index (χ2n) is 5.60. The van der Waals surface area contributed by atoms with E-state index in [0.29, 0.717) is 22.9 Å². The molecule has 7 heteroatoms. The van der Waals surface area contributed by atoms with E-state index in [9.17, 15) is 4.79 Å². The van der Waals surface area contributed by atoms with Crippen LogP contribution < -0.4 is 14.8 Å². The molecule has 134 valence electrons. The summed E-state index contributed by atoms with van der Waals surface area (Å²) < 4.78 is 15.6. The number of ether oxygens (including phenoxy) is 2. The number of nitrogens with zero attached hydrogens (tertiary/aromatic N) is 2. The van der Waals surface area contributed by atoms with E-state index in [-0.39, 0.29) is 11.9 Å². The van der Waals surface area contributed by atoms with Crippen LogP contribution in [0, 0.1) is 0 Å². The maximum atomic E-state index is 12.3. The van der Waals surface area contributed by atoms with E-state index in [0.717, 1.165) is 5.56 Å². The lowest BCUT2D eigenvalue weighted by Gasteiger charge is -2.12. The Morgan fingerprint density at radius 3 is 2.50 bits per heavy atom. The predicted octanol–water partition coefficient (Wildman–Crippen LogP) is 3.24. The number of methoxy groups -OCH3 is 2. The molecule has 0 radical (unpaired) electrons. The smallest absolute Gasteiger partial charge is 0.316 e. The molecule has 1 atom stereocenters. The van der Waals surface area contributed by atoms with Gasteiger partial charge in [0.15, 0.2) is 11.5 Å². The molecule has 1 aromatic heterocycles. The van der Waals surface area contributed by atoms with E-state index in [4.69, 9.17) is 14.0 Å². The number of amides is 1. The third kappa shape index (κ3) is 3.66. The van der Waals surface area contributed by atoms with E-state index in [1.54, 1.807) is 32.4 Å². The van der Waals surface area contributed by atoms with Crippen molar-refractivity contribution >= 4 is 5.91 Å². The van der Waals surface area contributed by atoms with Crippen molar-refractivity contribution in [2.24, 2.45) is 0 Å². The van der Waals surface area contributed by atoms with Crippen molar-refractivity contribution in [2.75, 3.05) is 14.2 Å². The van der Waals surface area contributed by atoms with Gasteiger partial charge in [0.1, 0.15) is 0 Å². The number of benzene rings is 2. The minimum absolute atomic E-state index is 0.0995. The van der Waals surface area contributed by atoms with E-state index in [2.05, 4.69) is 15.5 Å². The molecule has 1 N–H and O–H groups in total. The molecule has 0 bridgehead atoms. The first-order valence-corrected chi connectivity index (χ1v) is 8.04. The second kappa shape index (κ2) is 7.69. The molecule has 7 nitrogen and oxygen atoms in total. The maximum absolute atomic E-state index is 12.3. The third-order valence-electron chi connectivity index (χ3n) is 3.91. The lowest BCUT2D eigenvalue weighted by atomic mass is 10.1. The van der Waals surface area contributed by atoms with Crippen LogP contribution in [-0.4, -0.2) is 30.3 Å². The highest BCUT2D eigenvalue weighted by Crippen LogP contribution is 2.31. The average Bonchev–Trinajstić information content (AvgIpc) is 3.18. The third-order valence-corrected chi connectivity index (χ3v) is 3.91. The fourth-order valence-corrected chi connectivity index (χ4v) is 2.49. The van der Waals surface area contributed by atoms with Crippen LogP contribution in [0.5, 0.6) is 11.5 Å². The standard InChI is InChI=1S/C19H19N3O4/c1-12(13-7-5-4-6-8-13)20-18(23)19-21-17(22-26-19)14-9-10-15(24-2)16(11-14)25-3/h4-12H,1-3H3,(H,20,23). The largest absolute Gasteiger partial charge is 0.493 e. The van der Waals surface area contributed by atoms with Gasteiger partial charge in [0.05, 0.1) is 20.3 Å². The summed E-state index contributed by atoms with van der Waals surface area (Å²) in [6, 6.07) is 14.7. The summed E-state index contributed by atoms with van der Waals surface area (Å²) in [7, 11) is 3.10. The van der Waals surface area contributed by atoms with E-state index >= 15 is 0 Å². The predicted molar refractivity (Wildman–Crippen MR) is 95.2 cm³/mol. The summed E-state index contributed by atoms with van der Waals surface area (Å²) in [6.07, 6.45) is 0. The Hall–Kier alpha value is -3.35. The van der Waals surface area contributed by atoms with Crippen LogP contribution in [0.4, 0.5) is 0 Å². The fraction of sp³-hybridized carbons (Fsp3) is 0.211. The van der Waals surface area contributed by atoms with Crippen molar-refractivity contribution in [2.45, 2.75) is 13.0 Å². The minimum atomic E-state index is -0.430. The zero-order chi connectivity index (χ0) is 18.5. The molecule has 1 heterocycles. The molecule has 3 rings (SSSR count). The van der Waals surface area contributed by atoms with Gasteiger partial charge in [-0.2, -0.15) is 4.98 Å². The molecule has 2 aromatic carbocycles. The summed E-state index contributed by atoms with van der Waals surface area (Å²) >= 11 is 0. The quantitative estimate of drug-likeness (QED) is 0.732. The van der Waals surface area contributed by atoms with Crippen molar-refractivity contribution in [1.82, 2.24) is 15.5 Å². The molecule has 1 amide bonds. The number of rotatable bonds is 6. The van der Waals surface area contributed by atoms with Gasteiger partial charge in [-0.25, -0.2) is 0 Å². The Morgan fingerprint density at radius 2 is 1.81 bits per heavy atom. The van der Waals surface area contributed by atoms with Gasteiger partial charge in [0, 0.05) is 5.56 Å². The van der Waals surface area contributed by atoms with Crippen LogP contribution in [0.1, 0.15) is 29.2 Å². The van der Waals surface area contributed by atoms with E-state index in [1.807, 2.05) is 37.3 Å². The van der Waals surface area contributed by atoms with Gasteiger partial charge >= 0.3 is 11.8 Å². The number of carbonyl (C=O) groups excluding carboxylic acids is 1. The molecule has 0 aliphatic carbocycles. The first kappa shape index (κ1) is 17.5. The van der Waals surface area contributed by atoms with Crippen molar-refractivity contribution in [3.05, 3.63) is 60.0 Å². The van der Waals surface area contributed by atoms with Crippen molar-refractivity contribution in [1.29, 1.82) is 0 Å². The highest BCUT2D eigenvalue weighted by molar-refractivity contribution is 5.90. The molecule has 0 aliphatic rings. The summed E-state index contributed by atoms with van der Waals surface area (Å²) in [5.74, 6) is 0.898. The average molecular weight is 353 g/mol. The maximum Gasteiger partial charge on any atom is 0.316 e. The summed E-state index contributed by atoms with van der Waals surface area (Å²) in [6.45, 7) is 1.89. The summed E-state index contributed by atoms with van der Waals surface area (Å²) in [4.78, 5) is 16.5. The highest BCUT2D eigenvalue weighted by Gasteiger charge is 2.19. The Morgan fingerprint density at radius 1 is 1.08 bits per heavy atom. The number of nitrogens with one attached hydrogen (secondary N) is 1. The molecule has 3 aromatic rings. The molecular formula is C19H19N3O4. The molecule has 0 spiro atoms. The SMILES string of the molecule is COc1ccc(-c2noc(C(=O)NC(C)c3ccccc3)n2)cc1OC. The Balaban J connectivity index is 1.76. The first-order valence-electron chi connectivity index (χ1n) is 8.04. The van der Waals surface area contributed by atoms with Gasteiger partial charge in [-0.15, -0.1) is 0 Å². The van der Waals surface area contributed by atoms with Crippen LogP contribution in [0.15, 0.2) is 53.1 Å². The second-order valence-corrected chi connectivity index (χ2v) is 5.60. The van der Waals surface area contributed by atoms with Crippen molar-refractivity contribution in [3.63, 3.8) is 0 Å². The van der Waals surface area contributed by atoms with Crippen molar-refractivity contribution in [3.8, 4) is 22.9 Å². The normalized spacial score (nSPS) is 11.7. The summed E-state index contributed by atoms with van der Waals surface area (Å²) in [5.41, 5.74) is 1.64. The molecule has 1 unspecified atom stereocenters. The highest BCUT2D eigenvalue weighted by atomic mass is 16.5. The Labute approximate surface area is 150 Å². The molecule has 0 saturated heterocycles. The lowest BCUT2D eigenvalue weighted by Crippen LogP contribution is -2.26. The zero-order valence-electron chi connectivity index (χ0n) is 14.7. The Kier molecular flexibility index (Phi) is 5.17. The number of hydrogen-bond donors (Lipinski definition) is 1. The van der Waals surface area contributed by atoms with Crippen LogP contribution in [0.3, 0.4) is 0 Å². The number of hydrogen-bond acceptors (Lipinski definition) is 6. The van der Waals surface area contributed by atoms with Gasteiger partial charge in [-0.3, -0.25) is 4.79 Å². The first-order chi connectivity index (χ1) is 12.6. The van der Waals surface area contributed by atoms with Gasteiger partial charge in [-0.05, 0) is 30.7 Å². The summed E-state index contributed by atoms with van der Waals surface area (Å²) in [5, 5.41) is 6.71. The zero-order valence-corrected chi connectivity index (χ0v) is 14.7.